The molecule has 138 valence electrons. The molecule has 1 amide bonds. The van der Waals surface area contributed by atoms with Crippen molar-refractivity contribution >= 4 is 11.9 Å². The first kappa shape index (κ1) is 19.2. The number of rotatable bonds is 7. The standard InChI is InChI=1S/C18H24FNO5/c1-5-25-14-10-18(16(22)23,17(14,2)3)20-15(21)9-11-6-7-13(24-4)12(19)8-11/h6-8,14H,5,9-10H2,1-4H3,(H,20,21)(H,22,23). The summed E-state index contributed by atoms with van der Waals surface area (Å²) in [6, 6.07) is 4.22. The number of hydrogen-bond acceptors (Lipinski definition) is 4. The maximum Gasteiger partial charge on any atom is 0.330 e. The van der Waals surface area contributed by atoms with Gasteiger partial charge in [0, 0.05) is 18.4 Å². The minimum Gasteiger partial charge on any atom is -0.494 e. The van der Waals surface area contributed by atoms with E-state index in [0.717, 1.165) is 0 Å². The first-order valence-electron chi connectivity index (χ1n) is 8.16. The second-order valence-electron chi connectivity index (χ2n) is 6.77. The zero-order valence-electron chi connectivity index (χ0n) is 14.9. The number of carboxylic acids is 1. The smallest absolute Gasteiger partial charge is 0.330 e. The average Bonchev–Trinajstić information content (AvgIpc) is 2.53. The minimum atomic E-state index is -1.39. The first-order chi connectivity index (χ1) is 11.7. The van der Waals surface area contributed by atoms with Crippen molar-refractivity contribution in [1.29, 1.82) is 0 Å². The molecule has 2 rings (SSSR count). The Hall–Kier alpha value is -2.15. The molecule has 0 spiro atoms. The molecule has 1 fully saturated rings. The second kappa shape index (κ2) is 7.00. The maximum absolute atomic E-state index is 13.7. The normalized spacial score (nSPS) is 24.3. The van der Waals surface area contributed by atoms with Gasteiger partial charge in [0.05, 0.1) is 19.6 Å². The summed E-state index contributed by atoms with van der Waals surface area (Å²) in [6.45, 7) is 5.84. The topological polar surface area (TPSA) is 84.9 Å². The number of nitrogens with one attached hydrogen (secondary N) is 1. The highest BCUT2D eigenvalue weighted by atomic mass is 19.1. The van der Waals surface area contributed by atoms with Crippen molar-refractivity contribution in [2.24, 2.45) is 5.41 Å². The van der Waals surface area contributed by atoms with Crippen molar-refractivity contribution in [1.82, 2.24) is 5.32 Å². The molecule has 2 N–H and O–H groups in total. The van der Waals surface area contributed by atoms with Gasteiger partial charge in [-0.3, -0.25) is 4.79 Å². The van der Waals surface area contributed by atoms with E-state index in [1.165, 1.54) is 19.2 Å². The molecule has 0 saturated heterocycles. The number of ether oxygens (including phenoxy) is 2. The molecule has 2 unspecified atom stereocenters. The predicted octanol–water partition coefficient (Wildman–Crippen LogP) is 2.15. The number of aliphatic carboxylic acids is 1. The van der Waals surface area contributed by atoms with E-state index in [9.17, 15) is 19.1 Å². The van der Waals surface area contributed by atoms with Crippen LogP contribution in [-0.4, -0.2) is 42.3 Å². The number of methoxy groups -OCH3 is 1. The van der Waals surface area contributed by atoms with E-state index in [-0.39, 0.29) is 24.7 Å². The molecule has 6 nitrogen and oxygen atoms in total. The summed E-state index contributed by atoms with van der Waals surface area (Å²) in [5.74, 6) is -2.05. The Kier molecular flexibility index (Phi) is 5.37. The van der Waals surface area contributed by atoms with Gasteiger partial charge in [-0.1, -0.05) is 19.9 Å². The number of carbonyl (C=O) groups excluding carboxylic acids is 1. The number of carbonyl (C=O) groups is 2. The summed E-state index contributed by atoms with van der Waals surface area (Å²) >= 11 is 0. The van der Waals surface area contributed by atoms with Crippen LogP contribution in [0.15, 0.2) is 18.2 Å². The van der Waals surface area contributed by atoms with Crippen molar-refractivity contribution in [3.63, 3.8) is 0 Å². The van der Waals surface area contributed by atoms with Crippen LogP contribution < -0.4 is 10.1 Å². The van der Waals surface area contributed by atoms with E-state index in [1.807, 2.05) is 6.92 Å². The SMILES string of the molecule is CCOC1CC(NC(=O)Cc2ccc(OC)c(F)c2)(C(=O)O)C1(C)C. The lowest BCUT2D eigenvalue weighted by Crippen LogP contribution is -2.76. The van der Waals surface area contributed by atoms with Gasteiger partial charge in [0.25, 0.3) is 0 Å². The monoisotopic (exact) mass is 353 g/mol. The zero-order chi connectivity index (χ0) is 18.8. The lowest BCUT2D eigenvalue weighted by atomic mass is 9.54. The predicted molar refractivity (Wildman–Crippen MR) is 89.0 cm³/mol. The largest absolute Gasteiger partial charge is 0.494 e. The van der Waals surface area contributed by atoms with E-state index in [4.69, 9.17) is 9.47 Å². The number of hydrogen-bond donors (Lipinski definition) is 2. The summed E-state index contributed by atoms with van der Waals surface area (Å²) in [4.78, 5) is 24.2. The lowest BCUT2D eigenvalue weighted by Gasteiger charge is -2.58. The lowest BCUT2D eigenvalue weighted by molar-refractivity contribution is -0.194. The molecule has 0 bridgehead atoms. The van der Waals surface area contributed by atoms with Crippen molar-refractivity contribution in [3.8, 4) is 5.75 Å². The molecule has 1 aliphatic carbocycles. The van der Waals surface area contributed by atoms with E-state index in [1.54, 1.807) is 19.9 Å². The molecule has 25 heavy (non-hydrogen) atoms. The van der Waals surface area contributed by atoms with Crippen molar-refractivity contribution in [2.45, 2.75) is 45.3 Å². The first-order valence-corrected chi connectivity index (χ1v) is 8.16. The van der Waals surface area contributed by atoms with Gasteiger partial charge in [0.15, 0.2) is 11.6 Å². The van der Waals surface area contributed by atoms with Gasteiger partial charge in [-0.2, -0.15) is 0 Å². The van der Waals surface area contributed by atoms with E-state index >= 15 is 0 Å². The molecule has 1 saturated carbocycles. The van der Waals surface area contributed by atoms with Gasteiger partial charge < -0.3 is 19.9 Å². The van der Waals surface area contributed by atoms with Crippen LogP contribution in [-0.2, 0) is 20.7 Å². The van der Waals surface area contributed by atoms with Gasteiger partial charge in [-0.15, -0.1) is 0 Å². The van der Waals surface area contributed by atoms with Gasteiger partial charge in [0.1, 0.15) is 5.54 Å². The van der Waals surface area contributed by atoms with Gasteiger partial charge >= 0.3 is 5.97 Å². The Morgan fingerprint density at radius 2 is 2.08 bits per heavy atom. The zero-order valence-corrected chi connectivity index (χ0v) is 14.9. The third kappa shape index (κ3) is 3.33. The Bertz CT molecular complexity index is 675. The van der Waals surface area contributed by atoms with E-state index < -0.39 is 28.6 Å². The fourth-order valence-electron chi connectivity index (χ4n) is 3.32. The van der Waals surface area contributed by atoms with Crippen LogP contribution >= 0.6 is 0 Å². The van der Waals surface area contributed by atoms with Gasteiger partial charge in [-0.05, 0) is 24.6 Å². The maximum atomic E-state index is 13.7. The van der Waals surface area contributed by atoms with E-state index in [2.05, 4.69) is 5.32 Å². The number of benzene rings is 1. The quantitative estimate of drug-likeness (QED) is 0.785. The molecule has 2 atom stereocenters. The Balaban J connectivity index is 2.12. The molecule has 0 heterocycles. The highest BCUT2D eigenvalue weighted by molar-refractivity contribution is 5.90. The molecule has 7 heteroatoms. The molecule has 0 aliphatic heterocycles. The molecule has 0 radical (unpaired) electrons. The number of carboxylic acid groups (broad SMARTS) is 1. The molecular formula is C18H24FNO5. The summed E-state index contributed by atoms with van der Waals surface area (Å²) in [7, 11) is 1.36. The fraction of sp³-hybridized carbons (Fsp3) is 0.556. The molecule has 1 aromatic carbocycles. The van der Waals surface area contributed by atoms with Crippen LogP contribution in [0.5, 0.6) is 5.75 Å². The highest BCUT2D eigenvalue weighted by Crippen LogP contribution is 2.51. The second-order valence-corrected chi connectivity index (χ2v) is 6.77. The number of halogens is 1. The van der Waals surface area contributed by atoms with Crippen molar-refractivity contribution in [3.05, 3.63) is 29.6 Å². The Morgan fingerprint density at radius 1 is 1.40 bits per heavy atom. The third-order valence-corrected chi connectivity index (χ3v) is 5.06. The molecule has 1 aromatic rings. The Labute approximate surface area is 146 Å². The van der Waals surface area contributed by atoms with Crippen LogP contribution in [0, 0.1) is 11.2 Å². The van der Waals surface area contributed by atoms with Gasteiger partial charge in [0.2, 0.25) is 5.91 Å². The summed E-state index contributed by atoms with van der Waals surface area (Å²) in [5.41, 5.74) is -1.71. The molecule has 1 aliphatic rings. The minimum absolute atomic E-state index is 0.0887. The Morgan fingerprint density at radius 3 is 2.56 bits per heavy atom. The summed E-state index contributed by atoms with van der Waals surface area (Å²) in [6.07, 6.45) is -0.163. The van der Waals surface area contributed by atoms with Crippen LogP contribution in [0.3, 0.4) is 0 Å². The highest BCUT2D eigenvalue weighted by Gasteiger charge is 2.66. The van der Waals surface area contributed by atoms with Gasteiger partial charge in [-0.25, -0.2) is 9.18 Å². The summed E-state index contributed by atoms with van der Waals surface area (Å²) in [5, 5.41) is 12.3. The molecule has 0 aromatic heterocycles. The van der Waals surface area contributed by atoms with Crippen molar-refractivity contribution < 1.29 is 28.6 Å². The molecular weight excluding hydrogens is 329 g/mol. The number of amides is 1. The van der Waals surface area contributed by atoms with Crippen molar-refractivity contribution in [2.75, 3.05) is 13.7 Å². The van der Waals surface area contributed by atoms with Crippen LogP contribution in [0.25, 0.3) is 0 Å². The van der Waals surface area contributed by atoms with E-state index in [0.29, 0.717) is 12.2 Å². The van der Waals surface area contributed by atoms with Crippen LogP contribution in [0.1, 0.15) is 32.8 Å². The fourth-order valence-corrected chi connectivity index (χ4v) is 3.32. The third-order valence-electron chi connectivity index (χ3n) is 5.06. The van der Waals surface area contributed by atoms with Crippen LogP contribution in [0.4, 0.5) is 4.39 Å². The van der Waals surface area contributed by atoms with Crippen LogP contribution in [0.2, 0.25) is 0 Å². The summed E-state index contributed by atoms with van der Waals surface area (Å²) < 4.78 is 24.1. The average molecular weight is 353 g/mol.